The molecule has 2 N–H and O–H groups in total. The average molecular weight is 451 g/mol. The first kappa shape index (κ1) is 21.5. The van der Waals surface area contributed by atoms with Gasteiger partial charge in [-0.05, 0) is 37.3 Å². The van der Waals surface area contributed by atoms with Crippen LogP contribution in [0, 0.1) is 0 Å². The summed E-state index contributed by atoms with van der Waals surface area (Å²) in [5.74, 6) is 0.621. The maximum atomic E-state index is 12.4. The summed E-state index contributed by atoms with van der Waals surface area (Å²) in [5, 5.41) is 3.48. The molecule has 0 radical (unpaired) electrons. The van der Waals surface area contributed by atoms with Gasteiger partial charge in [-0.2, -0.15) is 0 Å². The molecule has 3 aromatic rings. The molecule has 152 valence electrons. The largest absolute Gasteiger partial charge is 0.341 e. The fourth-order valence-corrected chi connectivity index (χ4v) is 3.81. The number of nitrogens with zero attached hydrogens (tertiary/aromatic N) is 2. The maximum absolute atomic E-state index is 12.4. The van der Waals surface area contributed by atoms with Gasteiger partial charge in [0.15, 0.2) is 0 Å². The Balaban J connectivity index is 1.49. The summed E-state index contributed by atoms with van der Waals surface area (Å²) >= 11 is 13.3. The highest BCUT2D eigenvalue weighted by atomic mass is 35.5. The van der Waals surface area contributed by atoms with E-state index in [1.807, 2.05) is 31.2 Å². The van der Waals surface area contributed by atoms with Gasteiger partial charge >= 0.3 is 0 Å². The van der Waals surface area contributed by atoms with E-state index in [9.17, 15) is 9.59 Å². The van der Waals surface area contributed by atoms with Crippen molar-refractivity contribution in [3.05, 3.63) is 58.3 Å². The normalized spacial score (nSPS) is 12.0. The van der Waals surface area contributed by atoms with E-state index in [-0.39, 0.29) is 29.4 Å². The number of hydrogen-bond acceptors (Lipinski definition) is 4. The summed E-state index contributed by atoms with van der Waals surface area (Å²) in [5.41, 5.74) is 2.40. The number of rotatable bonds is 7. The topological polar surface area (TPSA) is 78.1 Å². The van der Waals surface area contributed by atoms with Crippen LogP contribution in [0.1, 0.15) is 18.0 Å². The number of fused-ring (bicyclic) bond motifs is 1. The van der Waals surface area contributed by atoms with Crippen LogP contribution in [0.25, 0.3) is 11.0 Å². The molecule has 0 aliphatic heterocycles. The third-order valence-corrected chi connectivity index (χ3v) is 6.14. The number of amides is 2. The molecule has 6 nitrogen and oxygen atoms in total. The van der Waals surface area contributed by atoms with Crippen molar-refractivity contribution >= 4 is 63.5 Å². The van der Waals surface area contributed by atoms with Crippen LogP contribution in [0.15, 0.2) is 42.5 Å². The quantitative estimate of drug-likeness (QED) is 0.543. The zero-order chi connectivity index (χ0) is 21.0. The van der Waals surface area contributed by atoms with Crippen molar-refractivity contribution in [3.63, 3.8) is 0 Å². The number of likely N-dealkylation sites (N-methyl/N-ethyl adjacent to an activating group) is 1. The first-order valence-electron chi connectivity index (χ1n) is 8.88. The predicted molar refractivity (Wildman–Crippen MR) is 120 cm³/mol. The second-order valence-corrected chi connectivity index (χ2v) is 8.66. The van der Waals surface area contributed by atoms with Gasteiger partial charge in [-0.15, -0.1) is 11.8 Å². The first-order chi connectivity index (χ1) is 13.8. The Bertz CT molecular complexity index is 1010. The summed E-state index contributed by atoms with van der Waals surface area (Å²) in [6.45, 7) is 1.94. The summed E-state index contributed by atoms with van der Waals surface area (Å²) in [6.07, 6.45) is 0. The molecule has 2 amide bonds. The monoisotopic (exact) mass is 450 g/mol. The second kappa shape index (κ2) is 9.52. The van der Waals surface area contributed by atoms with E-state index in [0.29, 0.717) is 15.7 Å². The molecule has 0 bridgehead atoms. The minimum Gasteiger partial charge on any atom is -0.341 e. The molecule has 0 fully saturated rings. The standard InChI is InChI=1S/C20H20Cl2N4O2S/c1-12(20-24-16-5-3-4-6-17(16)25-20)29-11-19(28)26(2)10-18(27)23-13-7-8-14(21)15(22)9-13/h3-9,12H,10-11H2,1-2H3,(H,23,27)(H,24,25). The van der Waals surface area contributed by atoms with E-state index < -0.39 is 0 Å². The van der Waals surface area contributed by atoms with Crippen molar-refractivity contribution in [2.24, 2.45) is 0 Å². The Kier molecular flexibility index (Phi) is 7.05. The molecular formula is C20H20Cl2N4O2S. The number of carbonyl (C=O) groups is 2. The van der Waals surface area contributed by atoms with E-state index in [0.717, 1.165) is 16.9 Å². The average Bonchev–Trinajstić information content (AvgIpc) is 3.13. The number of hydrogen-bond donors (Lipinski definition) is 2. The fraction of sp³-hybridized carbons (Fsp3) is 0.250. The number of H-pyrrole nitrogens is 1. The third kappa shape index (κ3) is 5.65. The van der Waals surface area contributed by atoms with Gasteiger partial charge in [-0.25, -0.2) is 4.98 Å². The molecule has 0 aliphatic carbocycles. The highest BCUT2D eigenvalue weighted by molar-refractivity contribution is 8.00. The Hall–Kier alpha value is -2.22. The number of benzene rings is 2. The lowest BCUT2D eigenvalue weighted by molar-refractivity contribution is -0.131. The minimum absolute atomic E-state index is 0.0183. The van der Waals surface area contributed by atoms with E-state index in [2.05, 4.69) is 15.3 Å². The van der Waals surface area contributed by atoms with Gasteiger partial charge in [-0.1, -0.05) is 35.3 Å². The second-order valence-electron chi connectivity index (χ2n) is 6.52. The summed E-state index contributed by atoms with van der Waals surface area (Å²) in [6, 6.07) is 12.6. The zero-order valence-corrected chi connectivity index (χ0v) is 18.2. The molecule has 1 heterocycles. The Morgan fingerprint density at radius 3 is 2.69 bits per heavy atom. The van der Waals surface area contributed by atoms with Crippen LogP contribution in [0.2, 0.25) is 10.0 Å². The SMILES string of the molecule is CC(SCC(=O)N(C)CC(=O)Nc1ccc(Cl)c(Cl)c1)c1nc2ccccc2[nH]1. The van der Waals surface area contributed by atoms with Crippen LogP contribution in [0.3, 0.4) is 0 Å². The number of aromatic nitrogens is 2. The lowest BCUT2D eigenvalue weighted by atomic mass is 10.3. The van der Waals surface area contributed by atoms with Crippen LogP contribution in [0.5, 0.6) is 0 Å². The lowest BCUT2D eigenvalue weighted by Crippen LogP contribution is -2.36. The number of anilines is 1. The molecule has 1 aromatic heterocycles. The number of nitrogens with one attached hydrogen (secondary N) is 2. The number of carbonyl (C=O) groups excluding carboxylic acids is 2. The minimum atomic E-state index is -0.311. The summed E-state index contributed by atoms with van der Waals surface area (Å²) in [7, 11) is 1.60. The van der Waals surface area contributed by atoms with Crippen molar-refractivity contribution in [2.45, 2.75) is 12.2 Å². The maximum Gasteiger partial charge on any atom is 0.243 e. The first-order valence-corrected chi connectivity index (χ1v) is 10.7. The fourth-order valence-electron chi connectivity index (χ4n) is 2.63. The molecule has 1 atom stereocenters. The molecule has 2 aromatic carbocycles. The predicted octanol–water partition coefficient (Wildman–Crippen LogP) is 4.76. The van der Waals surface area contributed by atoms with Crippen LogP contribution >= 0.6 is 35.0 Å². The van der Waals surface area contributed by atoms with E-state index in [1.54, 1.807) is 25.2 Å². The lowest BCUT2D eigenvalue weighted by Gasteiger charge is -2.17. The van der Waals surface area contributed by atoms with Gasteiger partial charge in [0.05, 0.1) is 38.6 Å². The van der Waals surface area contributed by atoms with E-state index in [4.69, 9.17) is 23.2 Å². The Morgan fingerprint density at radius 2 is 1.97 bits per heavy atom. The molecule has 0 spiro atoms. The molecule has 1 unspecified atom stereocenters. The van der Waals surface area contributed by atoms with Crippen molar-refractivity contribution in [1.29, 1.82) is 0 Å². The highest BCUT2D eigenvalue weighted by Gasteiger charge is 2.17. The number of thioether (sulfide) groups is 1. The van der Waals surface area contributed by atoms with Gasteiger partial charge in [0.25, 0.3) is 0 Å². The van der Waals surface area contributed by atoms with Crippen LogP contribution in [0.4, 0.5) is 5.69 Å². The van der Waals surface area contributed by atoms with Crippen LogP contribution in [-0.2, 0) is 9.59 Å². The van der Waals surface area contributed by atoms with Crippen molar-refractivity contribution in [3.8, 4) is 0 Å². The molecule has 9 heteroatoms. The summed E-state index contributed by atoms with van der Waals surface area (Å²) in [4.78, 5) is 33.8. The van der Waals surface area contributed by atoms with Gasteiger partial charge in [-0.3, -0.25) is 9.59 Å². The number of halogens is 2. The molecular weight excluding hydrogens is 431 g/mol. The van der Waals surface area contributed by atoms with Gasteiger partial charge in [0.1, 0.15) is 5.82 Å². The van der Waals surface area contributed by atoms with Crippen molar-refractivity contribution in [2.75, 3.05) is 24.7 Å². The number of para-hydroxylation sites is 2. The van der Waals surface area contributed by atoms with Gasteiger partial charge in [0.2, 0.25) is 11.8 Å². The molecule has 0 saturated heterocycles. The Labute approximate surface area is 183 Å². The van der Waals surface area contributed by atoms with Gasteiger partial charge in [0, 0.05) is 12.7 Å². The van der Waals surface area contributed by atoms with Crippen molar-refractivity contribution < 1.29 is 9.59 Å². The molecule has 0 aliphatic rings. The third-order valence-electron chi connectivity index (χ3n) is 4.26. The number of imidazole rings is 1. The van der Waals surface area contributed by atoms with Crippen LogP contribution < -0.4 is 5.32 Å². The Morgan fingerprint density at radius 1 is 1.21 bits per heavy atom. The zero-order valence-electron chi connectivity index (χ0n) is 15.9. The summed E-state index contributed by atoms with van der Waals surface area (Å²) < 4.78 is 0. The van der Waals surface area contributed by atoms with Crippen LogP contribution in [-0.4, -0.2) is 46.0 Å². The number of aromatic amines is 1. The molecule has 3 rings (SSSR count). The van der Waals surface area contributed by atoms with E-state index in [1.165, 1.54) is 16.7 Å². The smallest absolute Gasteiger partial charge is 0.243 e. The van der Waals surface area contributed by atoms with E-state index >= 15 is 0 Å². The van der Waals surface area contributed by atoms with Crippen molar-refractivity contribution in [1.82, 2.24) is 14.9 Å². The highest BCUT2D eigenvalue weighted by Crippen LogP contribution is 2.28. The molecule has 0 saturated carbocycles. The molecule has 29 heavy (non-hydrogen) atoms. The van der Waals surface area contributed by atoms with Gasteiger partial charge < -0.3 is 15.2 Å².